The van der Waals surface area contributed by atoms with Crippen molar-refractivity contribution in [3.63, 3.8) is 0 Å². The van der Waals surface area contributed by atoms with Gasteiger partial charge in [-0.05, 0) is 26.0 Å². The van der Waals surface area contributed by atoms with E-state index in [2.05, 4.69) is 27.4 Å². The number of H-pyrrole nitrogens is 1. The van der Waals surface area contributed by atoms with Crippen LogP contribution in [0.4, 0.5) is 0 Å². The first-order valence-corrected chi connectivity index (χ1v) is 6.14. The van der Waals surface area contributed by atoms with Crippen molar-refractivity contribution in [1.82, 2.24) is 20.5 Å². The number of aryl methyl sites for hydroxylation is 1. The molecule has 0 bridgehead atoms. The summed E-state index contributed by atoms with van der Waals surface area (Å²) < 4.78 is 0. The summed E-state index contributed by atoms with van der Waals surface area (Å²) in [4.78, 5) is 4.32. The van der Waals surface area contributed by atoms with Gasteiger partial charge in [0.15, 0.2) is 5.82 Å². The minimum absolute atomic E-state index is 0.253. The Morgan fingerprint density at radius 2 is 2.50 bits per heavy atom. The van der Waals surface area contributed by atoms with Crippen molar-refractivity contribution in [2.75, 3.05) is 11.5 Å². The molecule has 2 rings (SSSR count). The Morgan fingerprint density at radius 3 is 3.07 bits per heavy atom. The van der Waals surface area contributed by atoms with Crippen molar-refractivity contribution >= 4 is 11.8 Å². The van der Waals surface area contributed by atoms with Crippen molar-refractivity contribution in [2.24, 2.45) is 0 Å². The maximum Gasteiger partial charge on any atom is 0.167 e. The monoisotopic (exact) mass is 212 g/mol. The molecule has 1 aromatic heterocycles. The van der Waals surface area contributed by atoms with Gasteiger partial charge < -0.3 is 5.32 Å². The summed E-state index contributed by atoms with van der Waals surface area (Å²) in [5.41, 5.74) is 0. The summed E-state index contributed by atoms with van der Waals surface area (Å²) in [7, 11) is 0. The number of hydrogen-bond donors (Lipinski definition) is 2. The highest BCUT2D eigenvalue weighted by atomic mass is 32.2. The molecule has 78 valence electrons. The van der Waals surface area contributed by atoms with Crippen LogP contribution in [0.2, 0.25) is 0 Å². The van der Waals surface area contributed by atoms with E-state index in [1.165, 1.54) is 17.9 Å². The van der Waals surface area contributed by atoms with Gasteiger partial charge in [-0.25, -0.2) is 4.98 Å². The first kappa shape index (κ1) is 9.98. The fourth-order valence-corrected chi connectivity index (χ4v) is 2.81. The Hall–Kier alpha value is -0.550. The highest BCUT2D eigenvalue weighted by Gasteiger charge is 2.19. The van der Waals surface area contributed by atoms with Crippen LogP contribution in [0, 0.1) is 6.92 Å². The van der Waals surface area contributed by atoms with Crippen LogP contribution in [0.15, 0.2) is 0 Å². The molecule has 2 heterocycles. The third kappa shape index (κ3) is 2.27. The second-order valence-corrected chi connectivity index (χ2v) is 4.88. The Bertz CT molecular complexity index is 293. The van der Waals surface area contributed by atoms with Crippen molar-refractivity contribution in [1.29, 1.82) is 0 Å². The van der Waals surface area contributed by atoms with Crippen LogP contribution in [0.1, 0.15) is 31.0 Å². The lowest BCUT2D eigenvalue weighted by Crippen LogP contribution is -2.31. The van der Waals surface area contributed by atoms with Gasteiger partial charge in [-0.2, -0.15) is 16.9 Å². The average Bonchev–Trinajstić information content (AvgIpc) is 2.75. The minimum atomic E-state index is 0.253. The predicted molar refractivity (Wildman–Crippen MR) is 58.4 cm³/mol. The summed E-state index contributed by atoms with van der Waals surface area (Å²) in [6, 6.07) is 0.887. The molecule has 1 aromatic rings. The molecule has 2 atom stereocenters. The minimum Gasteiger partial charge on any atom is -0.304 e. The molecule has 4 nitrogen and oxygen atoms in total. The van der Waals surface area contributed by atoms with Crippen molar-refractivity contribution in [3.8, 4) is 0 Å². The first-order chi connectivity index (χ1) is 6.75. The molecule has 1 aliphatic rings. The summed E-state index contributed by atoms with van der Waals surface area (Å²) in [5.74, 6) is 4.25. The van der Waals surface area contributed by atoms with Crippen LogP contribution < -0.4 is 5.32 Å². The van der Waals surface area contributed by atoms with Gasteiger partial charge in [0.05, 0.1) is 6.04 Å². The lowest BCUT2D eigenvalue weighted by Gasteiger charge is -2.15. The molecule has 0 saturated carbocycles. The third-order valence-corrected chi connectivity index (χ3v) is 3.58. The second-order valence-electron chi connectivity index (χ2n) is 3.73. The van der Waals surface area contributed by atoms with Crippen LogP contribution in [-0.4, -0.2) is 32.7 Å². The van der Waals surface area contributed by atoms with Gasteiger partial charge in [-0.15, -0.1) is 0 Å². The molecule has 0 amide bonds. The van der Waals surface area contributed by atoms with Gasteiger partial charge in [-0.3, -0.25) is 5.10 Å². The molecular formula is C9H16N4S. The molecule has 0 spiro atoms. The lowest BCUT2D eigenvalue weighted by atomic mass is 10.2. The standard InChI is InChI=1S/C9H16N4S/c1-6(9-11-7(2)12-13-9)10-8-3-4-14-5-8/h6,8,10H,3-5H2,1-2H3,(H,11,12,13). The third-order valence-electron chi connectivity index (χ3n) is 2.42. The number of rotatable bonds is 3. The van der Waals surface area contributed by atoms with E-state index in [0.717, 1.165) is 11.6 Å². The molecule has 0 aromatic carbocycles. The fourth-order valence-electron chi connectivity index (χ4n) is 1.65. The van der Waals surface area contributed by atoms with Crippen LogP contribution in [0.5, 0.6) is 0 Å². The molecule has 0 radical (unpaired) electrons. The van der Waals surface area contributed by atoms with Crippen molar-refractivity contribution in [2.45, 2.75) is 32.4 Å². The van der Waals surface area contributed by atoms with E-state index in [4.69, 9.17) is 0 Å². The number of thioether (sulfide) groups is 1. The van der Waals surface area contributed by atoms with Gasteiger partial charge in [0.25, 0.3) is 0 Å². The zero-order valence-corrected chi connectivity index (χ0v) is 9.40. The second kappa shape index (κ2) is 4.31. The SMILES string of the molecule is Cc1nc(C(C)NC2CCSC2)n[nH]1. The Balaban J connectivity index is 1.91. The van der Waals surface area contributed by atoms with Gasteiger partial charge >= 0.3 is 0 Å². The smallest absolute Gasteiger partial charge is 0.167 e. The number of nitrogens with one attached hydrogen (secondary N) is 2. The van der Waals surface area contributed by atoms with Crippen LogP contribution in [-0.2, 0) is 0 Å². The van der Waals surface area contributed by atoms with E-state index in [0.29, 0.717) is 6.04 Å². The zero-order chi connectivity index (χ0) is 9.97. The number of aromatic amines is 1. The Morgan fingerprint density at radius 1 is 1.64 bits per heavy atom. The molecule has 2 N–H and O–H groups in total. The van der Waals surface area contributed by atoms with Crippen LogP contribution in [0.3, 0.4) is 0 Å². The highest BCUT2D eigenvalue weighted by Crippen LogP contribution is 2.19. The van der Waals surface area contributed by atoms with E-state index >= 15 is 0 Å². The fraction of sp³-hybridized carbons (Fsp3) is 0.778. The summed E-state index contributed by atoms with van der Waals surface area (Å²) in [6.45, 7) is 4.04. The Kier molecular flexibility index (Phi) is 3.08. The molecule has 0 aliphatic carbocycles. The topological polar surface area (TPSA) is 53.6 Å². The zero-order valence-electron chi connectivity index (χ0n) is 8.58. The van der Waals surface area contributed by atoms with Gasteiger partial charge in [0.1, 0.15) is 5.82 Å². The Labute approximate surface area is 88.3 Å². The van der Waals surface area contributed by atoms with E-state index in [1.54, 1.807) is 0 Å². The van der Waals surface area contributed by atoms with Crippen LogP contribution in [0.25, 0.3) is 0 Å². The number of aromatic nitrogens is 3. The number of nitrogens with zero attached hydrogens (tertiary/aromatic N) is 2. The van der Waals surface area contributed by atoms with Gasteiger partial charge in [0.2, 0.25) is 0 Å². The number of hydrogen-bond acceptors (Lipinski definition) is 4. The largest absolute Gasteiger partial charge is 0.304 e. The quantitative estimate of drug-likeness (QED) is 0.792. The predicted octanol–water partition coefficient (Wildman–Crippen LogP) is 1.27. The summed E-state index contributed by atoms with van der Waals surface area (Å²) >= 11 is 2.01. The van der Waals surface area contributed by atoms with Crippen LogP contribution >= 0.6 is 11.8 Å². The summed E-state index contributed by atoms with van der Waals surface area (Å²) in [6.07, 6.45) is 1.26. The van der Waals surface area contributed by atoms with E-state index in [-0.39, 0.29) is 6.04 Å². The highest BCUT2D eigenvalue weighted by molar-refractivity contribution is 7.99. The molecule has 14 heavy (non-hydrogen) atoms. The summed E-state index contributed by atoms with van der Waals surface area (Å²) in [5, 5.41) is 10.6. The molecule has 2 unspecified atom stereocenters. The maximum absolute atomic E-state index is 4.32. The average molecular weight is 212 g/mol. The molecule has 1 saturated heterocycles. The van der Waals surface area contributed by atoms with Gasteiger partial charge in [-0.1, -0.05) is 0 Å². The van der Waals surface area contributed by atoms with Gasteiger partial charge in [0, 0.05) is 11.8 Å². The van der Waals surface area contributed by atoms with Crippen molar-refractivity contribution < 1.29 is 0 Å². The first-order valence-electron chi connectivity index (χ1n) is 4.98. The lowest BCUT2D eigenvalue weighted by molar-refractivity contribution is 0.470. The molecular weight excluding hydrogens is 196 g/mol. The van der Waals surface area contributed by atoms with E-state index < -0.39 is 0 Å². The maximum atomic E-state index is 4.32. The van der Waals surface area contributed by atoms with E-state index in [9.17, 15) is 0 Å². The van der Waals surface area contributed by atoms with Crippen molar-refractivity contribution in [3.05, 3.63) is 11.6 Å². The normalized spacial score (nSPS) is 24.0. The molecule has 1 fully saturated rings. The van der Waals surface area contributed by atoms with E-state index in [1.807, 2.05) is 18.7 Å². The molecule has 1 aliphatic heterocycles. The molecule has 5 heteroatoms.